The fraction of sp³-hybridized carbons (Fsp3) is 0.235. The quantitative estimate of drug-likeness (QED) is 0.677. The number of nitrogens with zero attached hydrogens (tertiary/aromatic N) is 1. The Hall–Kier alpha value is -2.74. The minimum atomic E-state index is -3.76. The molecule has 0 radical (unpaired) electrons. The SMILES string of the molecule is CC(C)NS(=O)(=O)c1cccc(C(=O)OCC(=O)Nc2sccc2C#N)c1. The predicted molar refractivity (Wildman–Crippen MR) is 99.8 cm³/mol. The van der Waals surface area contributed by atoms with Crippen molar-refractivity contribution in [2.24, 2.45) is 0 Å². The van der Waals surface area contributed by atoms with Gasteiger partial charge in [-0.2, -0.15) is 5.26 Å². The van der Waals surface area contributed by atoms with E-state index in [0.29, 0.717) is 10.6 Å². The second-order valence-electron chi connectivity index (χ2n) is 5.70. The van der Waals surface area contributed by atoms with E-state index in [-0.39, 0.29) is 16.5 Å². The molecule has 142 valence electrons. The van der Waals surface area contributed by atoms with Crippen LogP contribution in [0.2, 0.25) is 0 Å². The summed E-state index contributed by atoms with van der Waals surface area (Å²) in [5.41, 5.74) is 0.318. The zero-order valence-electron chi connectivity index (χ0n) is 14.6. The first-order valence-electron chi connectivity index (χ1n) is 7.80. The third-order valence-electron chi connectivity index (χ3n) is 3.14. The first kappa shape index (κ1) is 20.6. The van der Waals surface area contributed by atoms with Crippen molar-refractivity contribution in [3.8, 4) is 6.07 Å². The molecule has 0 aliphatic heterocycles. The summed E-state index contributed by atoms with van der Waals surface area (Å²) in [6, 6.07) is 8.53. The smallest absolute Gasteiger partial charge is 0.338 e. The third-order valence-corrected chi connectivity index (χ3v) is 5.63. The Morgan fingerprint density at radius 1 is 1.30 bits per heavy atom. The zero-order chi connectivity index (χ0) is 20.0. The number of anilines is 1. The van der Waals surface area contributed by atoms with Gasteiger partial charge in [-0.1, -0.05) is 6.07 Å². The van der Waals surface area contributed by atoms with Gasteiger partial charge in [0.1, 0.15) is 11.1 Å². The summed E-state index contributed by atoms with van der Waals surface area (Å²) < 4.78 is 31.7. The Kier molecular flexibility index (Phi) is 6.68. The van der Waals surface area contributed by atoms with Gasteiger partial charge in [0.05, 0.1) is 16.0 Å². The van der Waals surface area contributed by atoms with E-state index >= 15 is 0 Å². The molecule has 0 fully saturated rings. The highest BCUT2D eigenvalue weighted by Crippen LogP contribution is 2.22. The number of ether oxygens (including phenoxy) is 1. The fourth-order valence-electron chi connectivity index (χ4n) is 2.04. The fourth-order valence-corrected chi connectivity index (χ4v) is 4.09. The molecule has 10 heteroatoms. The number of hydrogen-bond acceptors (Lipinski definition) is 7. The maximum atomic E-state index is 12.2. The maximum Gasteiger partial charge on any atom is 0.338 e. The molecule has 2 rings (SSSR count). The van der Waals surface area contributed by atoms with Gasteiger partial charge in [-0.3, -0.25) is 4.79 Å². The molecular formula is C17H17N3O5S2. The van der Waals surface area contributed by atoms with Crippen LogP contribution >= 0.6 is 11.3 Å². The first-order chi connectivity index (χ1) is 12.7. The number of rotatable bonds is 7. The summed E-state index contributed by atoms with van der Waals surface area (Å²) in [7, 11) is -3.76. The number of nitriles is 1. The van der Waals surface area contributed by atoms with E-state index in [4.69, 9.17) is 10.00 Å². The monoisotopic (exact) mass is 407 g/mol. The molecule has 1 aromatic carbocycles. The highest BCUT2D eigenvalue weighted by molar-refractivity contribution is 7.89. The number of carbonyl (C=O) groups is 2. The van der Waals surface area contributed by atoms with Crippen LogP contribution in [0.15, 0.2) is 40.6 Å². The maximum absolute atomic E-state index is 12.2. The molecule has 0 aliphatic carbocycles. The Labute approximate surface area is 160 Å². The second-order valence-corrected chi connectivity index (χ2v) is 8.33. The van der Waals surface area contributed by atoms with Crippen molar-refractivity contribution < 1.29 is 22.7 Å². The highest BCUT2D eigenvalue weighted by Gasteiger charge is 2.18. The van der Waals surface area contributed by atoms with Crippen molar-refractivity contribution >= 4 is 38.2 Å². The van der Waals surface area contributed by atoms with E-state index in [1.165, 1.54) is 35.6 Å². The van der Waals surface area contributed by atoms with E-state index in [1.54, 1.807) is 25.3 Å². The Morgan fingerprint density at radius 3 is 2.70 bits per heavy atom. The van der Waals surface area contributed by atoms with Crippen LogP contribution < -0.4 is 10.0 Å². The number of amides is 1. The van der Waals surface area contributed by atoms with Gasteiger partial charge in [-0.25, -0.2) is 17.9 Å². The summed E-state index contributed by atoms with van der Waals surface area (Å²) in [6.07, 6.45) is 0. The van der Waals surface area contributed by atoms with Crippen LogP contribution in [-0.2, 0) is 19.6 Å². The van der Waals surface area contributed by atoms with Gasteiger partial charge in [0.2, 0.25) is 10.0 Å². The predicted octanol–water partition coefficient (Wildman–Crippen LogP) is 2.10. The van der Waals surface area contributed by atoms with Crippen LogP contribution in [0.1, 0.15) is 29.8 Å². The van der Waals surface area contributed by atoms with Crippen molar-refractivity contribution in [2.45, 2.75) is 24.8 Å². The van der Waals surface area contributed by atoms with Gasteiger partial charge in [0.15, 0.2) is 6.61 Å². The van der Waals surface area contributed by atoms with Crippen LogP contribution in [-0.4, -0.2) is 32.9 Å². The summed E-state index contributed by atoms with van der Waals surface area (Å²) in [5.74, 6) is -1.44. The van der Waals surface area contributed by atoms with Gasteiger partial charge < -0.3 is 10.1 Å². The molecule has 0 aliphatic rings. The number of benzene rings is 1. The summed E-state index contributed by atoms with van der Waals surface area (Å²) >= 11 is 1.17. The molecule has 0 bridgehead atoms. The summed E-state index contributed by atoms with van der Waals surface area (Å²) in [6.45, 7) is 2.79. The van der Waals surface area contributed by atoms with Gasteiger partial charge in [-0.05, 0) is 43.5 Å². The molecule has 2 N–H and O–H groups in total. The molecule has 8 nitrogen and oxygen atoms in total. The molecular weight excluding hydrogens is 390 g/mol. The lowest BCUT2D eigenvalue weighted by molar-refractivity contribution is -0.119. The largest absolute Gasteiger partial charge is 0.452 e. The molecule has 0 unspecified atom stereocenters. The number of hydrogen-bond donors (Lipinski definition) is 2. The topological polar surface area (TPSA) is 125 Å². The van der Waals surface area contributed by atoms with E-state index in [2.05, 4.69) is 10.0 Å². The molecule has 1 amide bonds. The van der Waals surface area contributed by atoms with Crippen molar-refractivity contribution in [3.05, 3.63) is 46.8 Å². The molecule has 2 aromatic rings. The van der Waals surface area contributed by atoms with Gasteiger partial charge in [0.25, 0.3) is 5.91 Å². The Morgan fingerprint density at radius 2 is 2.04 bits per heavy atom. The average molecular weight is 407 g/mol. The van der Waals surface area contributed by atoms with Gasteiger partial charge in [-0.15, -0.1) is 11.3 Å². The molecule has 0 spiro atoms. The summed E-state index contributed by atoms with van der Waals surface area (Å²) in [5, 5.41) is 13.4. The lowest BCUT2D eigenvalue weighted by Gasteiger charge is -2.10. The molecule has 0 saturated heterocycles. The lowest BCUT2D eigenvalue weighted by Crippen LogP contribution is -2.30. The summed E-state index contributed by atoms with van der Waals surface area (Å²) in [4.78, 5) is 23.9. The number of esters is 1. The van der Waals surface area contributed by atoms with Gasteiger partial charge in [0, 0.05) is 6.04 Å². The molecule has 0 atom stereocenters. The second kappa shape index (κ2) is 8.77. The molecule has 1 heterocycles. The van der Waals surface area contributed by atoms with Crippen LogP contribution in [0.3, 0.4) is 0 Å². The van der Waals surface area contributed by atoms with E-state index < -0.39 is 28.5 Å². The minimum absolute atomic E-state index is 0.00303. The number of nitrogens with one attached hydrogen (secondary N) is 2. The third kappa shape index (κ3) is 5.62. The standard InChI is InChI=1S/C17H17N3O5S2/c1-11(2)20-27(23,24)14-5-3-4-12(8-14)17(22)25-10-15(21)19-16-13(9-18)6-7-26-16/h3-8,11,20H,10H2,1-2H3,(H,19,21). The van der Waals surface area contributed by atoms with Crippen molar-refractivity contribution in [1.82, 2.24) is 4.72 Å². The lowest BCUT2D eigenvalue weighted by atomic mass is 10.2. The molecule has 0 saturated carbocycles. The minimum Gasteiger partial charge on any atom is -0.452 e. The van der Waals surface area contributed by atoms with Crippen LogP contribution in [0.4, 0.5) is 5.00 Å². The van der Waals surface area contributed by atoms with E-state index in [9.17, 15) is 18.0 Å². The normalized spacial score (nSPS) is 11.0. The Balaban J connectivity index is 2.01. The van der Waals surface area contributed by atoms with Crippen molar-refractivity contribution in [1.29, 1.82) is 5.26 Å². The van der Waals surface area contributed by atoms with E-state index in [1.807, 2.05) is 6.07 Å². The van der Waals surface area contributed by atoms with Crippen LogP contribution in [0, 0.1) is 11.3 Å². The van der Waals surface area contributed by atoms with Gasteiger partial charge >= 0.3 is 5.97 Å². The van der Waals surface area contributed by atoms with Crippen molar-refractivity contribution in [2.75, 3.05) is 11.9 Å². The number of thiophene rings is 1. The molecule has 1 aromatic heterocycles. The van der Waals surface area contributed by atoms with Crippen LogP contribution in [0.5, 0.6) is 0 Å². The zero-order valence-corrected chi connectivity index (χ0v) is 16.2. The first-order valence-corrected chi connectivity index (χ1v) is 10.2. The Bertz CT molecular complexity index is 990. The number of sulfonamides is 1. The highest BCUT2D eigenvalue weighted by atomic mass is 32.2. The average Bonchev–Trinajstić information content (AvgIpc) is 3.05. The van der Waals surface area contributed by atoms with E-state index in [0.717, 1.165) is 0 Å². The molecule has 27 heavy (non-hydrogen) atoms. The number of carbonyl (C=O) groups excluding carboxylic acids is 2. The van der Waals surface area contributed by atoms with Crippen molar-refractivity contribution in [3.63, 3.8) is 0 Å². The van der Waals surface area contributed by atoms with Crippen LogP contribution in [0.25, 0.3) is 0 Å².